The van der Waals surface area contributed by atoms with E-state index in [2.05, 4.69) is 4.98 Å². The van der Waals surface area contributed by atoms with E-state index in [1.807, 2.05) is 36.1 Å². The summed E-state index contributed by atoms with van der Waals surface area (Å²) in [5, 5.41) is 0. The van der Waals surface area contributed by atoms with Crippen LogP contribution in [0.5, 0.6) is 0 Å². The van der Waals surface area contributed by atoms with Crippen LogP contribution in [0.3, 0.4) is 0 Å². The van der Waals surface area contributed by atoms with Gasteiger partial charge >= 0.3 is 11.9 Å². The zero-order valence-electron chi connectivity index (χ0n) is 17.7. The summed E-state index contributed by atoms with van der Waals surface area (Å²) in [5.74, 6) is 0.411. The number of aryl methyl sites for hydroxylation is 2. The topological polar surface area (TPSA) is 63.4 Å². The van der Waals surface area contributed by atoms with Gasteiger partial charge in [0.05, 0.1) is 16.6 Å². The number of aromatic nitrogens is 3. The molecule has 0 N–H and O–H groups in total. The number of fused-ring (bicyclic) bond motifs is 1. The number of imidazole rings is 1. The molecule has 1 amide bonds. The van der Waals surface area contributed by atoms with Crippen LogP contribution >= 0.6 is 0 Å². The van der Waals surface area contributed by atoms with Crippen LogP contribution in [-0.2, 0) is 24.1 Å². The molecule has 0 bridgehead atoms. The van der Waals surface area contributed by atoms with Gasteiger partial charge in [0.15, 0.2) is 0 Å². The lowest BCUT2D eigenvalue weighted by Gasteiger charge is -2.35. The third-order valence-corrected chi connectivity index (χ3v) is 5.82. The number of rotatable bonds is 5. The number of nitrogens with zero attached hydrogens (tertiary/aromatic N) is 5. The van der Waals surface area contributed by atoms with Crippen molar-refractivity contribution in [3.05, 3.63) is 58.6 Å². The molecule has 1 aliphatic rings. The number of benzene rings is 1. The van der Waals surface area contributed by atoms with Gasteiger partial charge in [0.2, 0.25) is 5.91 Å². The molecular weight excluding hydrogens is 423 g/mol. The largest absolute Gasteiger partial charge is 0.417 e. The van der Waals surface area contributed by atoms with E-state index in [1.54, 1.807) is 14.0 Å². The number of alkyl halides is 3. The van der Waals surface area contributed by atoms with Crippen LogP contribution in [0.4, 0.5) is 19.0 Å². The Bertz CT molecular complexity index is 1160. The van der Waals surface area contributed by atoms with E-state index in [4.69, 9.17) is 0 Å². The van der Waals surface area contributed by atoms with Gasteiger partial charge in [-0.05, 0) is 31.2 Å². The van der Waals surface area contributed by atoms with Gasteiger partial charge < -0.3 is 9.80 Å². The van der Waals surface area contributed by atoms with Crippen LogP contribution in [0.1, 0.15) is 18.9 Å². The van der Waals surface area contributed by atoms with Gasteiger partial charge in [0.1, 0.15) is 5.82 Å². The van der Waals surface area contributed by atoms with Crippen molar-refractivity contribution in [2.45, 2.75) is 32.6 Å². The number of anilines is 1. The Hall–Kier alpha value is -3.30. The van der Waals surface area contributed by atoms with Crippen molar-refractivity contribution in [1.29, 1.82) is 0 Å². The van der Waals surface area contributed by atoms with Crippen LogP contribution < -0.4 is 10.6 Å². The minimum Gasteiger partial charge on any atom is -0.353 e. The number of hydrogen-bond donors (Lipinski definition) is 0. The second kappa shape index (κ2) is 8.68. The van der Waals surface area contributed by atoms with Crippen LogP contribution in [0, 0.1) is 0 Å². The molecule has 0 atom stereocenters. The first-order valence-corrected chi connectivity index (χ1v) is 10.5. The van der Waals surface area contributed by atoms with Crippen LogP contribution in [0.25, 0.3) is 11.0 Å². The molecule has 1 fully saturated rings. The number of carbonyl (C=O) groups excluding carboxylic acids is 1. The summed E-state index contributed by atoms with van der Waals surface area (Å²) >= 11 is 0. The molecule has 0 unspecified atom stereocenters. The Kier molecular flexibility index (Phi) is 5.94. The molecule has 2 aromatic heterocycles. The molecule has 7 nitrogen and oxygen atoms in total. The third kappa shape index (κ3) is 4.21. The van der Waals surface area contributed by atoms with Gasteiger partial charge in [-0.1, -0.05) is 12.1 Å². The molecule has 3 heterocycles. The monoisotopic (exact) mass is 447 g/mol. The normalized spacial score (nSPS) is 14.9. The van der Waals surface area contributed by atoms with Gasteiger partial charge in [0, 0.05) is 51.9 Å². The molecule has 0 spiro atoms. The fraction of sp³-hybridized carbons (Fsp3) is 0.409. The first-order chi connectivity index (χ1) is 15.3. The number of carbonyl (C=O) groups is 1. The molecule has 32 heavy (non-hydrogen) atoms. The number of amides is 1. The fourth-order valence-electron chi connectivity index (χ4n) is 4.09. The summed E-state index contributed by atoms with van der Waals surface area (Å²) in [6, 6.07) is 9.90. The second-order valence-electron chi connectivity index (χ2n) is 7.69. The minimum atomic E-state index is -4.41. The zero-order valence-corrected chi connectivity index (χ0v) is 17.7. The van der Waals surface area contributed by atoms with Gasteiger partial charge in [-0.3, -0.25) is 13.9 Å². The Morgan fingerprint density at radius 1 is 1.00 bits per heavy atom. The van der Waals surface area contributed by atoms with Crippen molar-refractivity contribution in [3.63, 3.8) is 0 Å². The van der Waals surface area contributed by atoms with Crippen molar-refractivity contribution in [3.8, 4) is 0 Å². The summed E-state index contributed by atoms with van der Waals surface area (Å²) in [6.45, 7) is 4.64. The minimum absolute atomic E-state index is 0.0507. The molecule has 0 saturated carbocycles. The van der Waals surface area contributed by atoms with E-state index in [0.717, 1.165) is 23.3 Å². The molecule has 3 aromatic rings. The summed E-state index contributed by atoms with van der Waals surface area (Å²) in [5.41, 5.74) is 0.755. The highest BCUT2D eigenvalue weighted by Crippen LogP contribution is 2.29. The molecule has 1 aliphatic heterocycles. The van der Waals surface area contributed by atoms with Gasteiger partial charge in [-0.15, -0.1) is 0 Å². The van der Waals surface area contributed by atoms with E-state index in [1.165, 1.54) is 6.07 Å². The highest BCUT2D eigenvalue weighted by atomic mass is 19.4. The molecule has 1 saturated heterocycles. The van der Waals surface area contributed by atoms with Crippen LogP contribution in [0.2, 0.25) is 0 Å². The molecule has 1 aromatic carbocycles. The number of piperazine rings is 1. The quantitative estimate of drug-likeness (QED) is 0.603. The Morgan fingerprint density at radius 3 is 2.22 bits per heavy atom. The Morgan fingerprint density at radius 2 is 1.66 bits per heavy atom. The van der Waals surface area contributed by atoms with Crippen molar-refractivity contribution in [1.82, 2.24) is 19.0 Å². The van der Waals surface area contributed by atoms with Gasteiger partial charge in [-0.25, -0.2) is 9.78 Å². The second-order valence-corrected chi connectivity index (χ2v) is 7.69. The van der Waals surface area contributed by atoms with Crippen LogP contribution in [-0.4, -0.2) is 51.1 Å². The summed E-state index contributed by atoms with van der Waals surface area (Å²) < 4.78 is 41.5. The lowest BCUT2D eigenvalue weighted by molar-refractivity contribution is -0.138. The zero-order chi connectivity index (χ0) is 22.9. The first-order valence-electron chi connectivity index (χ1n) is 10.5. The van der Waals surface area contributed by atoms with E-state index >= 15 is 0 Å². The molecular formula is C22H24F3N5O2. The van der Waals surface area contributed by atoms with Crippen molar-refractivity contribution >= 4 is 22.8 Å². The maximum Gasteiger partial charge on any atom is 0.417 e. The summed E-state index contributed by atoms with van der Waals surface area (Å²) in [6.07, 6.45) is -3.38. The van der Waals surface area contributed by atoms with Gasteiger partial charge in [0.25, 0.3) is 0 Å². The van der Waals surface area contributed by atoms with E-state index in [9.17, 15) is 22.8 Å². The van der Waals surface area contributed by atoms with Crippen LogP contribution in [0.15, 0.2) is 47.4 Å². The average molecular weight is 447 g/mol. The number of hydrogen-bond acceptors (Lipinski definition) is 4. The molecule has 0 aliphatic carbocycles. The highest BCUT2D eigenvalue weighted by Gasteiger charge is 2.31. The standard InChI is InChI=1S/C22H24F3N5O2/c1-2-29-17-5-3-4-6-18(17)30(21(29)32)10-9-20(31)28-13-11-27(12-14-28)19-8-7-16(15-26-19)22(23,24)25/h3-8,15H,2,9-14H2,1H3. The lowest BCUT2D eigenvalue weighted by Crippen LogP contribution is -2.49. The third-order valence-electron chi connectivity index (χ3n) is 5.82. The molecule has 4 rings (SSSR count). The highest BCUT2D eigenvalue weighted by molar-refractivity contribution is 5.78. The van der Waals surface area contributed by atoms with Crippen molar-refractivity contribution < 1.29 is 18.0 Å². The fourth-order valence-corrected chi connectivity index (χ4v) is 4.09. The van der Waals surface area contributed by atoms with Crippen molar-refractivity contribution in [2.75, 3.05) is 31.1 Å². The Labute approximate surface area is 182 Å². The van der Waals surface area contributed by atoms with E-state index < -0.39 is 11.7 Å². The van der Waals surface area contributed by atoms with E-state index in [-0.39, 0.29) is 18.0 Å². The molecule has 10 heteroatoms. The maximum atomic E-state index is 12.7. The first kappa shape index (κ1) is 21.9. The number of pyridine rings is 1. The molecule has 0 radical (unpaired) electrons. The Balaban J connectivity index is 1.36. The summed E-state index contributed by atoms with van der Waals surface area (Å²) in [7, 11) is 0. The summed E-state index contributed by atoms with van der Waals surface area (Å²) in [4.78, 5) is 33.0. The predicted molar refractivity (Wildman–Crippen MR) is 115 cm³/mol. The van der Waals surface area contributed by atoms with Crippen molar-refractivity contribution in [2.24, 2.45) is 0 Å². The molecule has 170 valence electrons. The number of halogens is 3. The predicted octanol–water partition coefficient (Wildman–Crippen LogP) is 2.98. The van der Waals surface area contributed by atoms with E-state index in [0.29, 0.717) is 45.1 Å². The number of para-hydroxylation sites is 2. The smallest absolute Gasteiger partial charge is 0.353 e. The maximum absolute atomic E-state index is 12.7. The lowest BCUT2D eigenvalue weighted by atomic mass is 10.2. The SMILES string of the molecule is CCn1c(=O)n(CCC(=O)N2CCN(c3ccc(C(F)(F)F)cn3)CC2)c2ccccc21. The van der Waals surface area contributed by atoms with Gasteiger partial charge in [-0.2, -0.15) is 13.2 Å². The average Bonchev–Trinajstić information content (AvgIpc) is 3.07.